The Hall–Kier alpha value is -1.35. The molecule has 16 heavy (non-hydrogen) atoms. The second-order valence-corrected chi connectivity index (χ2v) is 4.44. The molecule has 0 saturated carbocycles. The van der Waals surface area contributed by atoms with Crippen molar-refractivity contribution in [2.24, 2.45) is 0 Å². The SMILES string of the molecule is CC(CO)N(C)C(=O)C1Cc2ccccc21. The molecule has 0 spiro atoms. The van der Waals surface area contributed by atoms with Crippen LogP contribution in [0.4, 0.5) is 0 Å². The number of hydrogen-bond acceptors (Lipinski definition) is 2. The minimum Gasteiger partial charge on any atom is -0.394 e. The molecular weight excluding hydrogens is 202 g/mol. The fourth-order valence-corrected chi connectivity index (χ4v) is 2.06. The molecule has 1 aliphatic carbocycles. The number of fused-ring (bicyclic) bond motifs is 1. The van der Waals surface area contributed by atoms with Gasteiger partial charge in [-0.1, -0.05) is 24.3 Å². The van der Waals surface area contributed by atoms with Gasteiger partial charge in [0.15, 0.2) is 0 Å². The van der Waals surface area contributed by atoms with Gasteiger partial charge >= 0.3 is 0 Å². The lowest BCUT2D eigenvalue weighted by Crippen LogP contribution is -2.43. The number of nitrogens with zero attached hydrogens (tertiary/aromatic N) is 1. The Bertz CT molecular complexity index is 403. The zero-order valence-corrected chi connectivity index (χ0v) is 9.68. The van der Waals surface area contributed by atoms with Crippen LogP contribution in [-0.4, -0.2) is 35.6 Å². The fourth-order valence-electron chi connectivity index (χ4n) is 2.06. The van der Waals surface area contributed by atoms with Gasteiger partial charge in [-0.25, -0.2) is 0 Å². The maximum Gasteiger partial charge on any atom is 0.230 e. The van der Waals surface area contributed by atoms with Crippen molar-refractivity contribution in [3.8, 4) is 0 Å². The molecule has 0 saturated heterocycles. The van der Waals surface area contributed by atoms with Crippen LogP contribution in [0.25, 0.3) is 0 Å². The van der Waals surface area contributed by atoms with E-state index in [1.165, 1.54) is 5.56 Å². The molecule has 0 fully saturated rings. The lowest BCUT2D eigenvalue weighted by atomic mass is 9.77. The van der Waals surface area contributed by atoms with Crippen LogP contribution in [0, 0.1) is 0 Å². The summed E-state index contributed by atoms with van der Waals surface area (Å²) in [5.41, 5.74) is 2.41. The van der Waals surface area contributed by atoms with Gasteiger partial charge < -0.3 is 10.0 Å². The number of amides is 1. The van der Waals surface area contributed by atoms with E-state index in [0.29, 0.717) is 0 Å². The van der Waals surface area contributed by atoms with Crippen molar-refractivity contribution in [2.45, 2.75) is 25.3 Å². The lowest BCUT2D eigenvalue weighted by molar-refractivity contribution is -0.134. The van der Waals surface area contributed by atoms with E-state index in [2.05, 4.69) is 6.07 Å². The Balaban J connectivity index is 2.10. The first-order valence-electron chi connectivity index (χ1n) is 5.60. The Labute approximate surface area is 95.7 Å². The molecule has 2 unspecified atom stereocenters. The molecule has 1 aliphatic rings. The summed E-state index contributed by atoms with van der Waals surface area (Å²) >= 11 is 0. The van der Waals surface area contributed by atoms with Crippen molar-refractivity contribution in [2.75, 3.05) is 13.7 Å². The molecule has 1 N–H and O–H groups in total. The highest BCUT2D eigenvalue weighted by Crippen LogP contribution is 2.36. The molecule has 2 rings (SSSR count). The Morgan fingerprint density at radius 3 is 2.88 bits per heavy atom. The van der Waals surface area contributed by atoms with Gasteiger partial charge in [-0.15, -0.1) is 0 Å². The van der Waals surface area contributed by atoms with Crippen LogP contribution in [0.3, 0.4) is 0 Å². The quantitative estimate of drug-likeness (QED) is 0.829. The summed E-state index contributed by atoms with van der Waals surface area (Å²) in [6.07, 6.45) is 0.831. The minimum atomic E-state index is -0.111. The number of carbonyl (C=O) groups is 1. The summed E-state index contributed by atoms with van der Waals surface area (Å²) in [6.45, 7) is 1.86. The number of rotatable bonds is 3. The number of aliphatic hydroxyl groups is 1. The van der Waals surface area contributed by atoms with Gasteiger partial charge in [0.1, 0.15) is 0 Å². The third kappa shape index (κ3) is 1.71. The van der Waals surface area contributed by atoms with Crippen LogP contribution in [-0.2, 0) is 11.2 Å². The predicted octanol–water partition coefficient (Wildman–Crippen LogP) is 1.17. The second-order valence-electron chi connectivity index (χ2n) is 4.44. The zero-order chi connectivity index (χ0) is 11.7. The largest absolute Gasteiger partial charge is 0.394 e. The molecule has 86 valence electrons. The van der Waals surface area contributed by atoms with Crippen molar-refractivity contribution in [3.63, 3.8) is 0 Å². The van der Waals surface area contributed by atoms with Crippen molar-refractivity contribution < 1.29 is 9.90 Å². The van der Waals surface area contributed by atoms with Crippen molar-refractivity contribution in [3.05, 3.63) is 35.4 Å². The minimum absolute atomic E-state index is 0.00444. The molecule has 3 heteroatoms. The maximum atomic E-state index is 12.1. The van der Waals surface area contributed by atoms with Crippen molar-refractivity contribution >= 4 is 5.91 Å². The van der Waals surface area contributed by atoms with Crippen LogP contribution in [0.2, 0.25) is 0 Å². The first-order chi connectivity index (χ1) is 7.65. The smallest absolute Gasteiger partial charge is 0.230 e. The third-order valence-electron chi connectivity index (χ3n) is 3.43. The Morgan fingerprint density at radius 2 is 2.25 bits per heavy atom. The number of likely N-dealkylation sites (N-methyl/N-ethyl adjacent to an activating group) is 1. The van der Waals surface area contributed by atoms with E-state index in [9.17, 15) is 4.79 Å². The summed E-state index contributed by atoms with van der Waals surface area (Å²) in [4.78, 5) is 13.7. The molecule has 1 aromatic carbocycles. The third-order valence-corrected chi connectivity index (χ3v) is 3.43. The molecular formula is C13H17NO2. The second kappa shape index (κ2) is 4.26. The molecule has 2 atom stereocenters. The molecule has 3 nitrogen and oxygen atoms in total. The highest BCUT2D eigenvalue weighted by molar-refractivity contribution is 5.87. The van der Waals surface area contributed by atoms with Gasteiger partial charge in [-0.3, -0.25) is 4.79 Å². The van der Waals surface area contributed by atoms with Gasteiger partial charge in [0.2, 0.25) is 5.91 Å². The fraction of sp³-hybridized carbons (Fsp3) is 0.462. The van der Waals surface area contributed by atoms with E-state index in [1.54, 1.807) is 11.9 Å². The Morgan fingerprint density at radius 1 is 1.56 bits per heavy atom. The van der Waals surface area contributed by atoms with E-state index in [4.69, 9.17) is 5.11 Å². The first-order valence-corrected chi connectivity index (χ1v) is 5.60. The number of benzene rings is 1. The van der Waals surface area contributed by atoms with Crippen LogP contribution in [0.15, 0.2) is 24.3 Å². The molecule has 0 aromatic heterocycles. The standard InChI is InChI=1S/C13H17NO2/c1-9(8-15)14(2)13(16)12-7-10-5-3-4-6-11(10)12/h3-6,9,12,15H,7-8H2,1-2H3. The molecule has 1 aromatic rings. The normalized spacial score (nSPS) is 19.6. The van der Waals surface area contributed by atoms with Gasteiger partial charge in [-0.05, 0) is 24.5 Å². The summed E-state index contributed by atoms with van der Waals surface area (Å²) in [7, 11) is 1.75. The van der Waals surface area contributed by atoms with E-state index < -0.39 is 0 Å². The lowest BCUT2D eigenvalue weighted by Gasteiger charge is -2.34. The van der Waals surface area contributed by atoms with E-state index in [0.717, 1.165) is 12.0 Å². The van der Waals surface area contributed by atoms with Crippen LogP contribution >= 0.6 is 0 Å². The summed E-state index contributed by atoms with van der Waals surface area (Å²) < 4.78 is 0. The van der Waals surface area contributed by atoms with Crippen molar-refractivity contribution in [1.29, 1.82) is 0 Å². The average molecular weight is 219 g/mol. The summed E-state index contributed by atoms with van der Waals surface area (Å²) in [6, 6.07) is 7.93. The van der Waals surface area contributed by atoms with Gasteiger partial charge in [-0.2, -0.15) is 0 Å². The monoisotopic (exact) mass is 219 g/mol. The molecule has 0 radical (unpaired) electrons. The first kappa shape index (κ1) is 11.1. The van der Waals surface area contributed by atoms with Crippen LogP contribution < -0.4 is 0 Å². The van der Waals surface area contributed by atoms with Crippen LogP contribution in [0.1, 0.15) is 24.0 Å². The maximum absolute atomic E-state index is 12.1. The van der Waals surface area contributed by atoms with Gasteiger partial charge in [0, 0.05) is 7.05 Å². The Kier molecular flexibility index (Phi) is 2.97. The highest BCUT2D eigenvalue weighted by atomic mass is 16.3. The average Bonchev–Trinajstić information content (AvgIpc) is 2.28. The topological polar surface area (TPSA) is 40.5 Å². The zero-order valence-electron chi connectivity index (χ0n) is 9.68. The predicted molar refractivity (Wildman–Crippen MR) is 62.2 cm³/mol. The summed E-state index contributed by atoms with van der Waals surface area (Å²) in [5.74, 6) is 0.107. The summed E-state index contributed by atoms with van der Waals surface area (Å²) in [5, 5.41) is 9.03. The molecule has 0 aliphatic heterocycles. The highest BCUT2D eigenvalue weighted by Gasteiger charge is 2.34. The van der Waals surface area contributed by atoms with E-state index >= 15 is 0 Å². The molecule has 1 amide bonds. The number of carbonyl (C=O) groups excluding carboxylic acids is 1. The van der Waals surface area contributed by atoms with E-state index in [1.807, 2.05) is 25.1 Å². The van der Waals surface area contributed by atoms with Crippen LogP contribution in [0.5, 0.6) is 0 Å². The molecule has 0 bridgehead atoms. The molecule has 0 heterocycles. The van der Waals surface area contributed by atoms with Gasteiger partial charge in [0.05, 0.1) is 18.6 Å². The number of hydrogen-bond donors (Lipinski definition) is 1. The van der Waals surface area contributed by atoms with Gasteiger partial charge in [0.25, 0.3) is 0 Å². The van der Waals surface area contributed by atoms with Crippen molar-refractivity contribution in [1.82, 2.24) is 4.90 Å². The van der Waals surface area contributed by atoms with E-state index in [-0.39, 0.29) is 24.5 Å². The number of aliphatic hydroxyl groups excluding tert-OH is 1.